The van der Waals surface area contributed by atoms with Crippen molar-refractivity contribution >= 4 is 24.8 Å². The fourth-order valence-electron chi connectivity index (χ4n) is 0.639. The van der Waals surface area contributed by atoms with Crippen LogP contribution in [0.4, 0.5) is 0 Å². The maximum atomic E-state index is 8.67. The van der Waals surface area contributed by atoms with Crippen LogP contribution in [-0.2, 0) is 0 Å². The van der Waals surface area contributed by atoms with Crippen molar-refractivity contribution in [3.05, 3.63) is 0 Å². The molecule has 0 radical (unpaired) electrons. The van der Waals surface area contributed by atoms with Crippen molar-refractivity contribution < 1.29 is 5.11 Å². The first-order valence-corrected chi connectivity index (χ1v) is 2.28. The van der Waals surface area contributed by atoms with Gasteiger partial charge < -0.3 is 10.4 Å². The standard InChI is InChI=1S/C4H9NO.2ClH/c6-4-1-2-5-3-4;;/h4-6H,1-3H2;2*1H/t4-;;/m0../s1. The van der Waals surface area contributed by atoms with E-state index in [2.05, 4.69) is 5.32 Å². The van der Waals surface area contributed by atoms with Crippen molar-refractivity contribution in [2.75, 3.05) is 13.1 Å². The van der Waals surface area contributed by atoms with Crippen molar-refractivity contribution in [1.29, 1.82) is 0 Å². The average Bonchev–Trinajstić information content (AvgIpc) is 1.86. The number of hydrogen-bond acceptors (Lipinski definition) is 2. The summed E-state index contributed by atoms with van der Waals surface area (Å²) in [5.74, 6) is 0. The highest BCUT2D eigenvalue weighted by atomic mass is 35.5. The van der Waals surface area contributed by atoms with Gasteiger partial charge in [-0.1, -0.05) is 0 Å². The van der Waals surface area contributed by atoms with Gasteiger partial charge in [-0.25, -0.2) is 0 Å². The number of halogens is 2. The van der Waals surface area contributed by atoms with Crippen LogP contribution in [0.2, 0.25) is 0 Å². The highest BCUT2D eigenvalue weighted by Gasteiger charge is 2.08. The largest absolute Gasteiger partial charge is 0.392 e. The third kappa shape index (κ3) is 3.50. The van der Waals surface area contributed by atoms with Crippen LogP contribution in [0.3, 0.4) is 0 Å². The van der Waals surface area contributed by atoms with Gasteiger partial charge in [-0.3, -0.25) is 0 Å². The summed E-state index contributed by atoms with van der Waals surface area (Å²) in [4.78, 5) is 0. The van der Waals surface area contributed by atoms with Gasteiger partial charge in [0.15, 0.2) is 0 Å². The molecule has 1 saturated heterocycles. The molecule has 1 rings (SSSR count). The molecule has 1 aliphatic rings. The average molecular weight is 160 g/mol. The van der Waals surface area contributed by atoms with E-state index in [1.165, 1.54) is 0 Å². The van der Waals surface area contributed by atoms with Crippen LogP contribution < -0.4 is 5.32 Å². The van der Waals surface area contributed by atoms with Crippen LogP contribution in [0.25, 0.3) is 0 Å². The molecule has 0 spiro atoms. The summed E-state index contributed by atoms with van der Waals surface area (Å²) in [5.41, 5.74) is 0. The molecular formula is C4H11Cl2NO. The molecule has 2 nitrogen and oxygen atoms in total. The molecule has 0 aromatic carbocycles. The second-order valence-corrected chi connectivity index (χ2v) is 1.65. The Hall–Kier alpha value is 0.500. The zero-order chi connectivity index (χ0) is 4.41. The summed E-state index contributed by atoms with van der Waals surface area (Å²) >= 11 is 0. The van der Waals surface area contributed by atoms with Gasteiger partial charge >= 0.3 is 0 Å². The van der Waals surface area contributed by atoms with E-state index in [1.54, 1.807) is 0 Å². The fraction of sp³-hybridized carbons (Fsp3) is 1.00. The first-order valence-electron chi connectivity index (χ1n) is 2.28. The van der Waals surface area contributed by atoms with Gasteiger partial charge in [0.1, 0.15) is 0 Å². The van der Waals surface area contributed by atoms with Gasteiger partial charge in [-0.15, -0.1) is 24.8 Å². The number of rotatable bonds is 0. The third-order valence-corrected chi connectivity index (χ3v) is 1.03. The van der Waals surface area contributed by atoms with Crippen molar-refractivity contribution in [2.24, 2.45) is 0 Å². The Bertz CT molecular complexity index is 47.3. The van der Waals surface area contributed by atoms with E-state index in [9.17, 15) is 0 Å². The molecule has 0 bridgehead atoms. The summed E-state index contributed by atoms with van der Waals surface area (Å²) < 4.78 is 0. The Labute approximate surface area is 61.5 Å². The molecule has 8 heavy (non-hydrogen) atoms. The Morgan fingerprint density at radius 2 is 2.00 bits per heavy atom. The topological polar surface area (TPSA) is 32.3 Å². The molecule has 52 valence electrons. The predicted octanol–water partition coefficient (Wildman–Crippen LogP) is 0.184. The normalized spacial score (nSPS) is 25.9. The van der Waals surface area contributed by atoms with Crippen molar-refractivity contribution in [3.63, 3.8) is 0 Å². The monoisotopic (exact) mass is 159 g/mol. The predicted molar refractivity (Wildman–Crippen MR) is 38.0 cm³/mol. The van der Waals surface area contributed by atoms with Gasteiger partial charge in [0.2, 0.25) is 0 Å². The van der Waals surface area contributed by atoms with Crippen LogP contribution in [-0.4, -0.2) is 24.3 Å². The first kappa shape index (κ1) is 11.3. The number of hydrogen-bond donors (Lipinski definition) is 2. The summed E-state index contributed by atoms with van der Waals surface area (Å²) in [6.07, 6.45) is 0.866. The molecule has 4 heteroatoms. The zero-order valence-corrected chi connectivity index (χ0v) is 6.10. The van der Waals surface area contributed by atoms with E-state index >= 15 is 0 Å². The quantitative estimate of drug-likeness (QED) is 0.530. The van der Waals surface area contributed by atoms with E-state index in [0.717, 1.165) is 19.5 Å². The van der Waals surface area contributed by atoms with Gasteiger partial charge in [-0.05, 0) is 13.0 Å². The van der Waals surface area contributed by atoms with Gasteiger partial charge in [0, 0.05) is 6.54 Å². The summed E-state index contributed by atoms with van der Waals surface area (Å²) in [6, 6.07) is 0. The molecule has 0 unspecified atom stereocenters. The molecule has 0 saturated carbocycles. The Morgan fingerprint density at radius 1 is 1.38 bits per heavy atom. The van der Waals surface area contributed by atoms with Gasteiger partial charge in [0.25, 0.3) is 0 Å². The van der Waals surface area contributed by atoms with Gasteiger partial charge in [-0.2, -0.15) is 0 Å². The molecule has 1 atom stereocenters. The summed E-state index contributed by atoms with van der Waals surface area (Å²) in [5, 5.41) is 11.7. The van der Waals surface area contributed by atoms with E-state index in [0.29, 0.717) is 0 Å². The maximum absolute atomic E-state index is 8.67. The molecular weight excluding hydrogens is 149 g/mol. The number of nitrogens with one attached hydrogen (secondary N) is 1. The van der Waals surface area contributed by atoms with Crippen molar-refractivity contribution in [3.8, 4) is 0 Å². The van der Waals surface area contributed by atoms with E-state index < -0.39 is 0 Å². The molecule has 0 aromatic heterocycles. The number of β-amino-alcohol motifs (C(OH)–C–C–N with tert-alkyl or cyclic N) is 1. The highest BCUT2D eigenvalue weighted by Crippen LogP contribution is 1.93. The zero-order valence-electron chi connectivity index (χ0n) is 4.46. The van der Waals surface area contributed by atoms with E-state index in [1.807, 2.05) is 0 Å². The lowest BCUT2D eigenvalue weighted by atomic mass is 10.3. The SMILES string of the molecule is Cl.Cl.O[C@H]1CCNC1. The Kier molecular flexibility index (Phi) is 7.97. The van der Waals surface area contributed by atoms with Gasteiger partial charge in [0.05, 0.1) is 6.10 Å². The lowest BCUT2D eigenvalue weighted by Crippen LogP contribution is -2.11. The fourth-order valence-corrected chi connectivity index (χ4v) is 0.639. The minimum Gasteiger partial charge on any atom is -0.392 e. The minimum absolute atomic E-state index is 0. The molecule has 0 amide bonds. The van der Waals surface area contributed by atoms with E-state index in [-0.39, 0.29) is 30.9 Å². The number of aliphatic hydroxyl groups excluding tert-OH is 1. The van der Waals surface area contributed by atoms with Crippen molar-refractivity contribution in [2.45, 2.75) is 12.5 Å². The van der Waals surface area contributed by atoms with Crippen LogP contribution in [0.5, 0.6) is 0 Å². The molecule has 0 aliphatic carbocycles. The first-order chi connectivity index (χ1) is 2.89. The maximum Gasteiger partial charge on any atom is 0.0676 e. The smallest absolute Gasteiger partial charge is 0.0676 e. The Morgan fingerprint density at radius 3 is 2.12 bits per heavy atom. The highest BCUT2D eigenvalue weighted by molar-refractivity contribution is 5.85. The van der Waals surface area contributed by atoms with E-state index in [4.69, 9.17) is 5.11 Å². The summed E-state index contributed by atoms with van der Waals surface area (Å²) in [7, 11) is 0. The molecule has 1 fully saturated rings. The lowest BCUT2D eigenvalue weighted by molar-refractivity contribution is 0.196. The van der Waals surface area contributed by atoms with Crippen LogP contribution in [0, 0.1) is 0 Å². The minimum atomic E-state index is -0.0648. The second kappa shape index (κ2) is 5.63. The van der Waals surface area contributed by atoms with Crippen LogP contribution in [0.1, 0.15) is 6.42 Å². The second-order valence-electron chi connectivity index (χ2n) is 1.65. The van der Waals surface area contributed by atoms with Crippen LogP contribution >= 0.6 is 24.8 Å². The molecule has 1 aliphatic heterocycles. The lowest BCUT2D eigenvalue weighted by Gasteiger charge is -1.90. The van der Waals surface area contributed by atoms with Crippen LogP contribution in [0.15, 0.2) is 0 Å². The third-order valence-electron chi connectivity index (χ3n) is 1.03. The Balaban J connectivity index is 0. The molecule has 2 N–H and O–H groups in total. The molecule has 0 aromatic rings. The summed E-state index contributed by atoms with van der Waals surface area (Å²) in [6.45, 7) is 1.78. The van der Waals surface area contributed by atoms with Crippen molar-refractivity contribution in [1.82, 2.24) is 5.32 Å². The number of aliphatic hydroxyl groups is 1. The molecule has 1 heterocycles.